The predicted octanol–water partition coefficient (Wildman–Crippen LogP) is 4.49. The van der Waals surface area contributed by atoms with Gasteiger partial charge in [0.2, 0.25) is 10.0 Å². The lowest BCUT2D eigenvalue weighted by atomic mass is 10.1. The summed E-state index contributed by atoms with van der Waals surface area (Å²) in [6, 6.07) is 22.7. The third-order valence-electron chi connectivity index (χ3n) is 6.25. The van der Waals surface area contributed by atoms with E-state index in [0.29, 0.717) is 17.8 Å². The van der Waals surface area contributed by atoms with E-state index in [9.17, 15) is 13.2 Å². The van der Waals surface area contributed by atoms with Crippen molar-refractivity contribution in [2.45, 2.75) is 32.9 Å². The van der Waals surface area contributed by atoms with E-state index in [0.717, 1.165) is 29.8 Å². The number of anilines is 2. The molecule has 0 aliphatic carbocycles. The molecule has 6 nitrogen and oxygen atoms in total. The molecule has 1 fully saturated rings. The van der Waals surface area contributed by atoms with E-state index in [4.69, 9.17) is 0 Å². The van der Waals surface area contributed by atoms with E-state index in [-0.39, 0.29) is 12.5 Å². The number of hydrogen-bond acceptors (Lipinski definition) is 4. The monoisotopic (exact) mass is 477 g/mol. The molecule has 3 aromatic carbocycles. The summed E-state index contributed by atoms with van der Waals surface area (Å²) in [6.07, 6.45) is 3.68. The molecule has 1 aliphatic heterocycles. The van der Waals surface area contributed by atoms with E-state index in [1.54, 1.807) is 24.3 Å². The van der Waals surface area contributed by atoms with Crippen molar-refractivity contribution in [2.75, 3.05) is 28.6 Å². The normalized spacial score (nSPS) is 13.6. The van der Waals surface area contributed by atoms with E-state index in [2.05, 4.69) is 22.3 Å². The summed E-state index contributed by atoms with van der Waals surface area (Å²) in [7, 11) is -3.49. The highest BCUT2D eigenvalue weighted by Crippen LogP contribution is 2.23. The van der Waals surface area contributed by atoms with Gasteiger partial charge in [0.15, 0.2) is 0 Å². The molecule has 0 radical (unpaired) electrons. The first-order chi connectivity index (χ1) is 16.3. The Bertz CT molecular complexity index is 1230. The Morgan fingerprint density at radius 1 is 0.941 bits per heavy atom. The molecule has 3 aromatic rings. The van der Waals surface area contributed by atoms with Gasteiger partial charge in [0.1, 0.15) is 0 Å². The first kappa shape index (κ1) is 23.8. The van der Waals surface area contributed by atoms with Gasteiger partial charge in [0.25, 0.3) is 5.91 Å². The number of amides is 1. The number of sulfonamides is 1. The Hall–Kier alpha value is -3.32. The average molecular weight is 478 g/mol. The summed E-state index contributed by atoms with van der Waals surface area (Å²) >= 11 is 0. The molecule has 0 spiro atoms. The zero-order valence-corrected chi connectivity index (χ0v) is 20.5. The molecule has 4 rings (SSSR count). The molecule has 7 heteroatoms. The van der Waals surface area contributed by atoms with Crippen molar-refractivity contribution in [1.29, 1.82) is 0 Å². The third-order valence-corrected chi connectivity index (χ3v) is 7.39. The van der Waals surface area contributed by atoms with Crippen molar-refractivity contribution in [2.24, 2.45) is 0 Å². The van der Waals surface area contributed by atoms with Gasteiger partial charge < -0.3 is 10.2 Å². The maximum Gasteiger partial charge on any atom is 0.251 e. The maximum atomic E-state index is 12.7. The standard InChI is InChI=1S/C27H31N3O3S/c1-21-7-3-4-8-24(21)20-30(34(2,32)33)26-15-11-23(12-16-26)27(31)28-19-22-9-13-25(14-10-22)29-17-5-6-18-29/h3-4,7-16H,5-6,17-20H2,1-2H3,(H,28,31). The first-order valence-electron chi connectivity index (χ1n) is 11.6. The predicted molar refractivity (Wildman–Crippen MR) is 138 cm³/mol. The molecule has 178 valence electrons. The first-order valence-corrected chi connectivity index (χ1v) is 13.4. The van der Waals surface area contributed by atoms with Crippen molar-refractivity contribution in [3.05, 3.63) is 95.1 Å². The van der Waals surface area contributed by atoms with Crippen molar-refractivity contribution >= 4 is 27.3 Å². The molecule has 0 aromatic heterocycles. The fourth-order valence-electron chi connectivity index (χ4n) is 4.21. The molecule has 0 atom stereocenters. The van der Waals surface area contributed by atoms with E-state index in [1.165, 1.54) is 29.1 Å². The second-order valence-corrected chi connectivity index (χ2v) is 10.7. The molecule has 0 unspecified atom stereocenters. The Kier molecular flexibility index (Phi) is 7.22. The summed E-state index contributed by atoms with van der Waals surface area (Å²) < 4.78 is 26.3. The summed E-state index contributed by atoms with van der Waals surface area (Å²) in [6.45, 7) is 4.85. The van der Waals surface area contributed by atoms with Crippen LogP contribution in [0.4, 0.5) is 11.4 Å². The topological polar surface area (TPSA) is 69.7 Å². The summed E-state index contributed by atoms with van der Waals surface area (Å²) in [5.74, 6) is -0.194. The van der Waals surface area contributed by atoms with Gasteiger partial charge in [-0.1, -0.05) is 36.4 Å². The number of nitrogens with zero attached hydrogens (tertiary/aromatic N) is 2. The van der Waals surface area contributed by atoms with Crippen LogP contribution in [0, 0.1) is 6.92 Å². The Morgan fingerprint density at radius 2 is 1.59 bits per heavy atom. The van der Waals surface area contributed by atoms with Crippen molar-refractivity contribution in [1.82, 2.24) is 5.32 Å². The van der Waals surface area contributed by atoms with Crippen LogP contribution in [0.3, 0.4) is 0 Å². The quantitative estimate of drug-likeness (QED) is 0.519. The van der Waals surface area contributed by atoms with Crippen LogP contribution in [0.5, 0.6) is 0 Å². The largest absolute Gasteiger partial charge is 0.372 e. The molecule has 1 aliphatic rings. The number of benzene rings is 3. The number of carbonyl (C=O) groups is 1. The lowest BCUT2D eigenvalue weighted by Gasteiger charge is -2.23. The Morgan fingerprint density at radius 3 is 2.21 bits per heavy atom. The SMILES string of the molecule is Cc1ccccc1CN(c1ccc(C(=O)NCc2ccc(N3CCCC3)cc2)cc1)S(C)(=O)=O. The minimum Gasteiger partial charge on any atom is -0.372 e. The van der Waals surface area contributed by atoms with E-state index < -0.39 is 10.0 Å². The van der Waals surface area contributed by atoms with E-state index in [1.807, 2.05) is 43.3 Å². The Balaban J connectivity index is 1.40. The zero-order valence-electron chi connectivity index (χ0n) is 19.7. The van der Waals surface area contributed by atoms with Gasteiger partial charge in [-0.3, -0.25) is 9.10 Å². The van der Waals surface area contributed by atoms with Crippen LogP contribution in [0.1, 0.15) is 39.9 Å². The van der Waals surface area contributed by atoms with Gasteiger partial charge in [0, 0.05) is 30.9 Å². The summed E-state index contributed by atoms with van der Waals surface area (Å²) in [5.41, 5.74) is 5.24. The van der Waals surface area contributed by atoms with Crippen molar-refractivity contribution in [3.8, 4) is 0 Å². The zero-order chi connectivity index (χ0) is 24.1. The molecule has 34 heavy (non-hydrogen) atoms. The highest BCUT2D eigenvalue weighted by atomic mass is 32.2. The summed E-state index contributed by atoms with van der Waals surface area (Å²) in [4.78, 5) is 15.0. The van der Waals surface area contributed by atoms with Crippen LogP contribution in [-0.2, 0) is 23.1 Å². The highest BCUT2D eigenvalue weighted by Gasteiger charge is 2.19. The maximum absolute atomic E-state index is 12.7. The second-order valence-electron chi connectivity index (χ2n) is 8.79. The van der Waals surface area contributed by atoms with Gasteiger partial charge in [-0.05, 0) is 72.9 Å². The molecular weight excluding hydrogens is 446 g/mol. The molecule has 1 heterocycles. The third kappa shape index (κ3) is 5.78. The molecular formula is C27H31N3O3S. The molecule has 1 saturated heterocycles. The van der Waals surface area contributed by atoms with Crippen LogP contribution in [0.2, 0.25) is 0 Å². The van der Waals surface area contributed by atoms with Crippen LogP contribution >= 0.6 is 0 Å². The molecule has 0 bridgehead atoms. The number of rotatable bonds is 8. The number of aryl methyl sites for hydroxylation is 1. The van der Waals surface area contributed by atoms with Crippen LogP contribution in [-0.4, -0.2) is 33.7 Å². The lowest BCUT2D eigenvalue weighted by molar-refractivity contribution is 0.0951. The minimum absolute atomic E-state index is 0.194. The van der Waals surface area contributed by atoms with Crippen LogP contribution in [0.25, 0.3) is 0 Å². The second kappa shape index (κ2) is 10.3. The molecule has 1 amide bonds. The lowest BCUT2D eigenvalue weighted by Crippen LogP contribution is -2.29. The number of hydrogen-bond donors (Lipinski definition) is 1. The van der Waals surface area contributed by atoms with Gasteiger partial charge in [-0.25, -0.2) is 8.42 Å². The Labute approximate surface area is 202 Å². The van der Waals surface area contributed by atoms with Gasteiger partial charge in [-0.2, -0.15) is 0 Å². The number of nitrogens with one attached hydrogen (secondary N) is 1. The fraction of sp³-hybridized carbons (Fsp3) is 0.296. The van der Waals surface area contributed by atoms with Gasteiger partial charge in [0.05, 0.1) is 18.5 Å². The number of carbonyl (C=O) groups excluding carboxylic acids is 1. The highest BCUT2D eigenvalue weighted by molar-refractivity contribution is 7.92. The van der Waals surface area contributed by atoms with E-state index >= 15 is 0 Å². The average Bonchev–Trinajstić information content (AvgIpc) is 3.37. The smallest absolute Gasteiger partial charge is 0.251 e. The fourth-order valence-corrected chi connectivity index (χ4v) is 5.08. The minimum atomic E-state index is -3.49. The van der Waals surface area contributed by atoms with Crippen LogP contribution in [0.15, 0.2) is 72.8 Å². The molecule has 0 saturated carbocycles. The van der Waals surface area contributed by atoms with Crippen LogP contribution < -0.4 is 14.5 Å². The van der Waals surface area contributed by atoms with Gasteiger partial charge in [-0.15, -0.1) is 0 Å². The van der Waals surface area contributed by atoms with Crippen molar-refractivity contribution in [3.63, 3.8) is 0 Å². The van der Waals surface area contributed by atoms with Gasteiger partial charge >= 0.3 is 0 Å². The molecule has 1 N–H and O–H groups in total. The van der Waals surface area contributed by atoms with Crippen molar-refractivity contribution < 1.29 is 13.2 Å². The summed E-state index contributed by atoms with van der Waals surface area (Å²) in [5, 5.41) is 2.95.